The Balaban J connectivity index is 1.53. The van der Waals surface area contributed by atoms with Gasteiger partial charge in [0.05, 0.1) is 16.7 Å². The van der Waals surface area contributed by atoms with Gasteiger partial charge in [0.25, 0.3) is 11.8 Å². The molecule has 1 saturated heterocycles. The summed E-state index contributed by atoms with van der Waals surface area (Å²) in [4.78, 5) is 44.4. The van der Waals surface area contributed by atoms with Crippen molar-refractivity contribution in [3.05, 3.63) is 89.2 Å². The summed E-state index contributed by atoms with van der Waals surface area (Å²) in [6.07, 6.45) is -3.99. The molecule has 0 unspecified atom stereocenters. The molecule has 12 heteroatoms. The van der Waals surface area contributed by atoms with E-state index in [1.165, 1.54) is 35.2 Å². The van der Waals surface area contributed by atoms with E-state index in [-0.39, 0.29) is 23.7 Å². The van der Waals surface area contributed by atoms with Gasteiger partial charge in [0.15, 0.2) is 0 Å². The predicted molar refractivity (Wildman–Crippen MR) is 157 cm³/mol. The van der Waals surface area contributed by atoms with E-state index in [0.717, 1.165) is 12.1 Å². The van der Waals surface area contributed by atoms with Crippen LogP contribution in [0, 0.1) is 5.82 Å². The first kappa shape index (κ1) is 31.3. The van der Waals surface area contributed by atoms with E-state index in [0.29, 0.717) is 56.1 Å². The largest absolute Gasteiger partial charge is 0.416 e. The van der Waals surface area contributed by atoms with Crippen molar-refractivity contribution in [1.82, 2.24) is 9.80 Å². The molecule has 2 N–H and O–H groups in total. The van der Waals surface area contributed by atoms with Crippen molar-refractivity contribution < 1.29 is 31.9 Å². The lowest BCUT2D eigenvalue weighted by Crippen LogP contribution is -2.38. The molecule has 1 aliphatic rings. The fourth-order valence-electron chi connectivity index (χ4n) is 4.92. The summed E-state index contributed by atoms with van der Waals surface area (Å²) in [5, 5.41) is 5.22. The van der Waals surface area contributed by atoms with Gasteiger partial charge < -0.3 is 25.3 Å². The standard InChI is InChI=1S/C31H33F4N5O3/c1-3-38(4-2)29(42)25-20-23(36-28(41)24-11-5-6-12-26(24)32)13-14-27(25)39-15-8-16-40(18-17-39)30(43)37-22-10-7-9-21(19-22)31(33,34)35/h5-7,9-14,19-20H,3-4,8,15-18H2,1-2H3,(H,36,41)(H,37,43). The second-order valence-corrected chi connectivity index (χ2v) is 9.98. The number of alkyl halides is 3. The number of anilines is 3. The minimum atomic E-state index is -4.53. The van der Waals surface area contributed by atoms with Gasteiger partial charge in [-0.05, 0) is 68.8 Å². The van der Waals surface area contributed by atoms with Crippen molar-refractivity contribution in [3.63, 3.8) is 0 Å². The highest BCUT2D eigenvalue weighted by Gasteiger charge is 2.31. The van der Waals surface area contributed by atoms with Crippen LogP contribution in [0.2, 0.25) is 0 Å². The Morgan fingerprint density at radius 1 is 0.814 bits per heavy atom. The van der Waals surface area contributed by atoms with Gasteiger partial charge >= 0.3 is 12.2 Å². The average molecular weight is 600 g/mol. The number of amides is 4. The topological polar surface area (TPSA) is 85.0 Å². The van der Waals surface area contributed by atoms with Crippen LogP contribution in [0.3, 0.4) is 0 Å². The fraction of sp³-hybridized carbons (Fsp3) is 0.323. The Morgan fingerprint density at radius 3 is 2.23 bits per heavy atom. The molecule has 0 atom stereocenters. The predicted octanol–water partition coefficient (Wildman–Crippen LogP) is 6.32. The van der Waals surface area contributed by atoms with E-state index in [4.69, 9.17) is 0 Å². The second-order valence-electron chi connectivity index (χ2n) is 9.98. The van der Waals surface area contributed by atoms with Gasteiger partial charge in [-0.3, -0.25) is 9.59 Å². The maximum Gasteiger partial charge on any atom is 0.416 e. The molecule has 3 aromatic rings. The Hall–Kier alpha value is -4.61. The lowest BCUT2D eigenvalue weighted by atomic mass is 10.1. The summed E-state index contributed by atoms with van der Waals surface area (Å²) in [5.74, 6) is -1.56. The number of urea groups is 1. The van der Waals surface area contributed by atoms with E-state index in [1.807, 2.05) is 18.7 Å². The number of rotatable bonds is 7. The first-order valence-corrected chi connectivity index (χ1v) is 14.0. The highest BCUT2D eigenvalue weighted by Crippen LogP contribution is 2.31. The molecule has 0 bridgehead atoms. The molecular weight excluding hydrogens is 566 g/mol. The third-order valence-electron chi connectivity index (χ3n) is 7.22. The van der Waals surface area contributed by atoms with Crippen LogP contribution >= 0.6 is 0 Å². The van der Waals surface area contributed by atoms with Gasteiger partial charge in [-0.15, -0.1) is 0 Å². The summed E-state index contributed by atoms with van der Waals surface area (Å²) < 4.78 is 53.4. The van der Waals surface area contributed by atoms with Gasteiger partial charge in [0, 0.05) is 56.3 Å². The quantitative estimate of drug-likeness (QED) is 0.311. The molecule has 3 aromatic carbocycles. The Kier molecular flexibility index (Phi) is 9.89. The molecule has 0 radical (unpaired) electrons. The van der Waals surface area contributed by atoms with E-state index in [2.05, 4.69) is 10.6 Å². The summed E-state index contributed by atoms with van der Waals surface area (Å²) in [5.41, 5.74) is 0.341. The van der Waals surface area contributed by atoms with Crippen molar-refractivity contribution >= 4 is 34.9 Å². The normalized spacial score (nSPS) is 13.7. The van der Waals surface area contributed by atoms with Gasteiger partial charge in [0.1, 0.15) is 5.82 Å². The van der Waals surface area contributed by atoms with Crippen LogP contribution < -0.4 is 15.5 Å². The van der Waals surface area contributed by atoms with Gasteiger partial charge in [0.2, 0.25) is 0 Å². The zero-order valence-electron chi connectivity index (χ0n) is 23.9. The van der Waals surface area contributed by atoms with Crippen LogP contribution in [0.5, 0.6) is 0 Å². The Labute approximate surface area is 247 Å². The summed E-state index contributed by atoms with van der Waals surface area (Å²) in [6, 6.07) is 14.5. The van der Waals surface area contributed by atoms with Crippen molar-refractivity contribution in [2.24, 2.45) is 0 Å². The third kappa shape index (κ3) is 7.62. The molecule has 4 amide bonds. The molecule has 0 saturated carbocycles. The number of halogens is 4. The Bertz CT molecular complexity index is 1480. The van der Waals surface area contributed by atoms with Crippen LogP contribution in [-0.4, -0.2) is 66.9 Å². The number of benzene rings is 3. The van der Waals surface area contributed by atoms with Crippen molar-refractivity contribution in [2.75, 3.05) is 54.8 Å². The molecule has 4 rings (SSSR count). The van der Waals surface area contributed by atoms with Crippen LogP contribution in [0.1, 0.15) is 46.5 Å². The van der Waals surface area contributed by atoms with E-state index < -0.39 is 29.5 Å². The van der Waals surface area contributed by atoms with E-state index in [9.17, 15) is 31.9 Å². The molecule has 1 fully saturated rings. The molecule has 1 aliphatic heterocycles. The summed E-state index contributed by atoms with van der Waals surface area (Å²) in [6.45, 7) is 6.12. The lowest BCUT2D eigenvalue weighted by Gasteiger charge is -2.28. The van der Waals surface area contributed by atoms with E-state index >= 15 is 0 Å². The highest BCUT2D eigenvalue weighted by molar-refractivity contribution is 6.06. The van der Waals surface area contributed by atoms with Crippen LogP contribution in [-0.2, 0) is 6.18 Å². The van der Waals surface area contributed by atoms with Crippen molar-refractivity contribution in [3.8, 4) is 0 Å². The number of carbonyl (C=O) groups is 3. The number of hydrogen-bond acceptors (Lipinski definition) is 4. The van der Waals surface area contributed by atoms with E-state index in [1.54, 1.807) is 29.2 Å². The smallest absolute Gasteiger partial charge is 0.369 e. The monoisotopic (exact) mass is 599 g/mol. The average Bonchev–Trinajstić information content (AvgIpc) is 3.24. The third-order valence-corrected chi connectivity index (χ3v) is 7.22. The van der Waals surface area contributed by atoms with Crippen molar-refractivity contribution in [2.45, 2.75) is 26.4 Å². The SMILES string of the molecule is CCN(CC)C(=O)c1cc(NC(=O)c2ccccc2F)ccc1N1CCCN(C(=O)Nc2cccc(C(F)(F)F)c2)CC1. The fourth-order valence-corrected chi connectivity index (χ4v) is 4.92. The Morgan fingerprint density at radius 2 is 1.53 bits per heavy atom. The minimum Gasteiger partial charge on any atom is -0.369 e. The van der Waals surface area contributed by atoms with Crippen LogP contribution in [0.25, 0.3) is 0 Å². The molecular formula is C31H33F4N5O3. The minimum absolute atomic E-state index is 0.0426. The number of nitrogens with zero attached hydrogens (tertiary/aromatic N) is 3. The summed E-state index contributed by atoms with van der Waals surface area (Å²) in [7, 11) is 0. The second kappa shape index (κ2) is 13.6. The number of hydrogen-bond donors (Lipinski definition) is 2. The van der Waals surface area contributed by atoms with Crippen LogP contribution in [0.15, 0.2) is 66.7 Å². The molecule has 43 heavy (non-hydrogen) atoms. The van der Waals surface area contributed by atoms with Gasteiger partial charge in [-0.25, -0.2) is 9.18 Å². The molecule has 0 aromatic heterocycles. The molecule has 228 valence electrons. The number of carbonyl (C=O) groups excluding carboxylic acids is 3. The highest BCUT2D eigenvalue weighted by atomic mass is 19.4. The lowest BCUT2D eigenvalue weighted by molar-refractivity contribution is -0.137. The zero-order chi connectivity index (χ0) is 31.1. The van der Waals surface area contributed by atoms with Gasteiger partial charge in [-0.2, -0.15) is 13.2 Å². The van der Waals surface area contributed by atoms with Crippen LogP contribution in [0.4, 0.5) is 39.4 Å². The molecule has 0 spiro atoms. The molecule has 1 heterocycles. The summed E-state index contributed by atoms with van der Waals surface area (Å²) >= 11 is 0. The van der Waals surface area contributed by atoms with Gasteiger partial charge in [-0.1, -0.05) is 18.2 Å². The molecule has 0 aliphatic carbocycles. The first-order valence-electron chi connectivity index (χ1n) is 14.0. The zero-order valence-corrected chi connectivity index (χ0v) is 23.9. The van der Waals surface area contributed by atoms with Crippen molar-refractivity contribution in [1.29, 1.82) is 0 Å². The molecule has 8 nitrogen and oxygen atoms in total. The first-order chi connectivity index (χ1) is 20.5. The maximum atomic E-state index is 14.2. The maximum absolute atomic E-state index is 14.2. The number of nitrogens with one attached hydrogen (secondary N) is 2.